The summed E-state index contributed by atoms with van der Waals surface area (Å²) in [6.07, 6.45) is 2.67. The summed E-state index contributed by atoms with van der Waals surface area (Å²) in [5, 5.41) is 3.53. The van der Waals surface area contributed by atoms with Crippen LogP contribution in [-0.4, -0.2) is 37.6 Å². The molecular weight excluding hydrogens is 446 g/mol. The standard InChI is InChI=1S/C22H23N5O5S/c1-3-8-27-19-17(21(29)26(2)22(27)30)20(25-18(24-19)12-4-5-12)33-10-16(28)23-13-6-7-14-15(9-13)32-11-31-14/h6-7,9,12H,3-5,8,10-11H2,1-2H3,(H,23,28). The first-order valence-corrected chi connectivity index (χ1v) is 11.8. The lowest BCUT2D eigenvalue weighted by Crippen LogP contribution is -2.39. The number of aryl methyl sites for hydroxylation is 1. The Labute approximate surface area is 192 Å². The highest BCUT2D eigenvalue weighted by atomic mass is 32.2. The fourth-order valence-electron chi connectivity index (χ4n) is 3.71. The Morgan fingerprint density at radius 3 is 2.76 bits per heavy atom. The number of hydrogen-bond donors (Lipinski definition) is 1. The van der Waals surface area contributed by atoms with Crippen LogP contribution < -0.4 is 26.0 Å². The molecule has 1 N–H and O–H groups in total. The smallest absolute Gasteiger partial charge is 0.332 e. The van der Waals surface area contributed by atoms with Crippen LogP contribution in [0, 0.1) is 0 Å². The first-order valence-electron chi connectivity index (χ1n) is 10.8. The van der Waals surface area contributed by atoms with Gasteiger partial charge in [0.2, 0.25) is 12.7 Å². The van der Waals surface area contributed by atoms with E-state index < -0.39 is 11.2 Å². The number of amides is 1. The van der Waals surface area contributed by atoms with Gasteiger partial charge in [-0.1, -0.05) is 18.7 Å². The second-order valence-electron chi connectivity index (χ2n) is 8.06. The molecule has 5 rings (SSSR count). The summed E-state index contributed by atoms with van der Waals surface area (Å²) in [6, 6.07) is 5.18. The van der Waals surface area contributed by atoms with Crippen molar-refractivity contribution in [3.05, 3.63) is 44.9 Å². The highest BCUT2D eigenvalue weighted by Gasteiger charge is 2.29. The summed E-state index contributed by atoms with van der Waals surface area (Å²) >= 11 is 1.17. The summed E-state index contributed by atoms with van der Waals surface area (Å²) in [5.74, 6) is 1.85. The van der Waals surface area contributed by atoms with Crippen LogP contribution in [0.4, 0.5) is 5.69 Å². The Hall–Kier alpha value is -3.34. The van der Waals surface area contributed by atoms with Crippen molar-refractivity contribution in [1.82, 2.24) is 19.1 Å². The molecule has 1 aliphatic carbocycles. The topological polar surface area (TPSA) is 117 Å². The number of nitrogens with zero attached hydrogens (tertiary/aromatic N) is 4. The molecule has 0 spiro atoms. The van der Waals surface area contributed by atoms with Gasteiger partial charge in [0.1, 0.15) is 16.2 Å². The van der Waals surface area contributed by atoms with Crippen molar-refractivity contribution in [1.29, 1.82) is 0 Å². The third-order valence-electron chi connectivity index (χ3n) is 5.55. The maximum absolute atomic E-state index is 13.0. The molecule has 0 saturated heterocycles. The van der Waals surface area contributed by atoms with Gasteiger partial charge in [-0.15, -0.1) is 0 Å². The highest BCUT2D eigenvalue weighted by molar-refractivity contribution is 8.00. The second kappa shape index (κ2) is 8.54. The van der Waals surface area contributed by atoms with Gasteiger partial charge in [-0.2, -0.15) is 0 Å². The molecule has 3 aromatic rings. The number of carbonyl (C=O) groups excluding carboxylic acids is 1. The maximum atomic E-state index is 13.0. The lowest BCUT2D eigenvalue weighted by molar-refractivity contribution is -0.113. The number of fused-ring (bicyclic) bond motifs is 2. The van der Waals surface area contributed by atoms with Crippen molar-refractivity contribution in [2.75, 3.05) is 17.9 Å². The summed E-state index contributed by atoms with van der Waals surface area (Å²) in [5.41, 5.74) is 0.0824. The van der Waals surface area contributed by atoms with Gasteiger partial charge in [-0.05, 0) is 31.4 Å². The molecule has 2 aromatic heterocycles. The van der Waals surface area contributed by atoms with Crippen LogP contribution in [0.1, 0.15) is 37.9 Å². The first kappa shape index (κ1) is 21.5. The summed E-state index contributed by atoms with van der Waals surface area (Å²) in [4.78, 5) is 47.6. The number of nitrogens with one attached hydrogen (secondary N) is 1. The maximum Gasteiger partial charge on any atom is 0.332 e. The molecule has 33 heavy (non-hydrogen) atoms. The van der Waals surface area contributed by atoms with Crippen molar-refractivity contribution in [3.8, 4) is 11.5 Å². The lowest BCUT2D eigenvalue weighted by atomic mass is 10.3. The molecule has 1 amide bonds. The summed E-state index contributed by atoms with van der Waals surface area (Å²) in [7, 11) is 1.45. The Kier molecular flexibility index (Phi) is 5.57. The van der Waals surface area contributed by atoms with Gasteiger partial charge in [0, 0.05) is 31.3 Å². The zero-order valence-electron chi connectivity index (χ0n) is 18.3. The Balaban J connectivity index is 1.46. The zero-order valence-corrected chi connectivity index (χ0v) is 19.1. The Morgan fingerprint density at radius 2 is 2.00 bits per heavy atom. The minimum Gasteiger partial charge on any atom is -0.454 e. The first-order chi connectivity index (χ1) is 16.0. The van der Waals surface area contributed by atoms with Crippen molar-refractivity contribution in [3.63, 3.8) is 0 Å². The third-order valence-corrected chi connectivity index (χ3v) is 6.53. The van der Waals surface area contributed by atoms with Crippen molar-refractivity contribution < 1.29 is 14.3 Å². The van der Waals surface area contributed by atoms with E-state index in [4.69, 9.17) is 9.47 Å². The normalized spacial score (nSPS) is 14.6. The van der Waals surface area contributed by atoms with Gasteiger partial charge >= 0.3 is 5.69 Å². The number of hydrogen-bond acceptors (Lipinski definition) is 8. The fourth-order valence-corrected chi connectivity index (χ4v) is 4.53. The van der Waals surface area contributed by atoms with E-state index in [0.29, 0.717) is 40.2 Å². The van der Waals surface area contributed by atoms with Crippen LogP contribution in [0.2, 0.25) is 0 Å². The van der Waals surface area contributed by atoms with Gasteiger partial charge in [0.15, 0.2) is 17.1 Å². The second-order valence-corrected chi connectivity index (χ2v) is 9.03. The molecule has 1 aliphatic heterocycles. The Morgan fingerprint density at radius 1 is 1.21 bits per heavy atom. The molecule has 172 valence electrons. The fraction of sp³-hybridized carbons (Fsp3) is 0.409. The highest BCUT2D eigenvalue weighted by Crippen LogP contribution is 2.39. The molecule has 2 aliphatic rings. The number of anilines is 1. The van der Waals surface area contributed by atoms with Crippen LogP contribution in [0.15, 0.2) is 32.8 Å². The quantitative estimate of drug-likeness (QED) is 0.414. The van der Waals surface area contributed by atoms with Gasteiger partial charge in [0.25, 0.3) is 5.56 Å². The Bertz CT molecular complexity index is 1380. The number of ether oxygens (including phenoxy) is 2. The van der Waals surface area contributed by atoms with E-state index in [-0.39, 0.29) is 29.8 Å². The zero-order chi connectivity index (χ0) is 23.1. The van der Waals surface area contributed by atoms with E-state index in [1.807, 2.05) is 6.92 Å². The average molecular weight is 470 g/mol. The molecule has 0 bridgehead atoms. The SMILES string of the molecule is CCCn1c(=O)n(C)c(=O)c2c(SCC(=O)Nc3ccc4c(c3)OCO4)nc(C3CC3)nc21. The monoisotopic (exact) mass is 469 g/mol. The van der Waals surface area contributed by atoms with Crippen LogP contribution in [0.25, 0.3) is 11.0 Å². The number of thioether (sulfide) groups is 1. The van der Waals surface area contributed by atoms with E-state index in [9.17, 15) is 14.4 Å². The minimum atomic E-state index is -0.455. The number of benzene rings is 1. The molecule has 0 unspecified atom stereocenters. The van der Waals surface area contributed by atoms with Crippen LogP contribution in [0.5, 0.6) is 11.5 Å². The van der Waals surface area contributed by atoms with Gasteiger partial charge in [-0.25, -0.2) is 14.8 Å². The van der Waals surface area contributed by atoms with E-state index in [2.05, 4.69) is 15.3 Å². The van der Waals surface area contributed by atoms with Gasteiger partial charge in [-0.3, -0.25) is 18.7 Å². The number of carbonyl (C=O) groups is 1. The molecule has 11 heteroatoms. The van der Waals surface area contributed by atoms with Crippen LogP contribution >= 0.6 is 11.8 Å². The van der Waals surface area contributed by atoms with Crippen molar-refractivity contribution >= 4 is 34.4 Å². The van der Waals surface area contributed by atoms with Crippen molar-refractivity contribution in [2.45, 2.75) is 43.7 Å². The van der Waals surface area contributed by atoms with E-state index in [0.717, 1.165) is 23.8 Å². The van der Waals surface area contributed by atoms with Gasteiger partial charge < -0.3 is 14.8 Å². The van der Waals surface area contributed by atoms with Crippen LogP contribution in [0.3, 0.4) is 0 Å². The molecule has 0 radical (unpaired) electrons. The lowest BCUT2D eigenvalue weighted by Gasteiger charge is -2.14. The summed E-state index contributed by atoms with van der Waals surface area (Å²) in [6.45, 7) is 2.56. The molecular formula is C22H23N5O5S. The molecule has 10 nitrogen and oxygen atoms in total. The summed E-state index contributed by atoms with van der Waals surface area (Å²) < 4.78 is 13.2. The predicted molar refractivity (Wildman–Crippen MR) is 123 cm³/mol. The van der Waals surface area contributed by atoms with E-state index >= 15 is 0 Å². The van der Waals surface area contributed by atoms with Gasteiger partial charge in [0.05, 0.1) is 5.75 Å². The van der Waals surface area contributed by atoms with Crippen LogP contribution in [-0.2, 0) is 18.4 Å². The van der Waals surface area contributed by atoms with E-state index in [1.165, 1.54) is 23.4 Å². The largest absolute Gasteiger partial charge is 0.454 e. The molecule has 1 aromatic carbocycles. The number of aromatic nitrogens is 4. The molecule has 1 saturated carbocycles. The number of rotatable bonds is 7. The molecule has 3 heterocycles. The molecule has 1 fully saturated rings. The predicted octanol–water partition coefficient (Wildman–Crippen LogP) is 2.24. The molecule has 0 atom stereocenters. The average Bonchev–Trinajstić information content (AvgIpc) is 3.56. The third kappa shape index (κ3) is 4.08. The van der Waals surface area contributed by atoms with E-state index in [1.54, 1.807) is 18.2 Å². The minimum absolute atomic E-state index is 0.0424. The van der Waals surface area contributed by atoms with Crippen molar-refractivity contribution in [2.24, 2.45) is 7.05 Å².